The lowest BCUT2D eigenvalue weighted by molar-refractivity contribution is 0.0924. The highest BCUT2D eigenvalue weighted by molar-refractivity contribution is 5.92. The van der Waals surface area contributed by atoms with E-state index in [0.29, 0.717) is 18.7 Å². The van der Waals surface area contributed by atoms with Crippen molar-refractivity contribution in [1.29, 1.82) is 0 Å². The Labute approximate surface area is 129 Å². The van der Waals surface area contributed by atoms with Gasteiger partial charge in [0.1, 0.15) is 5.69 Å². The van der Waals surface area contributed by atoms with Crippen LogP contribution in [0, 0.1) is 6.92 Å². The number of nitrogens with zero attached hydrogens (tertiary/aromatic N) is 1. The van der Waals surface area contributed by atoms with Crippen molar-refractivity contribution >= 4 is 5.91 Å². The van der Waals surface area contributed by atoms with Crippen LogP contribution in [0.2, 0.25) is 0 Å². The molecule has 0 saturated heterocycles. The summed E-state index contributed by atoms with van der Waals surface area (Å²) in [4.78, 5) is 24.2. The van der Waals surface area contributed by atoms with Gasteiger partial charge in [0, 0.05) is 25.8 Å². The molecule has 2 N–H and O–H groups in total. The lowest BCUT2D eigenvalue weighted by atomic mass is 10.2. The molecule has 1 amide bonds. The van der Waals surface area contributed by atoms with E-state index in [9.17, 15) is 9.59 Å². The second kappa shape index (κ2) is 7.09. The Hall–Kier alpha value is -2.34. The third kappa shape index (κ3) is 3.85. The second-order valence-electron chi connectivity index (χ2n) is 5.33. The van der Waals surface area contributed by atoms with E-state index in [1.165, 1.54) is 10.7 Å². The van der Waals surface area contributed by atoms with E-state index in [4.69, 9.17) is 4.74 Å². The number of aromatic amines is 1. The number of nitrogens with one attached hydrogen (secondary N) is 2. The van der Waals surface area contributed by atoms with Gasteiger partial charge in [0.15, 0.2) is 0 Å². The minimum Gasteiger partial charge on any atom is -0.385 e. The summed E-state index contributed by atoms with van der Waals surface area (Å²) in [6.45, 7) is 4.44. The van der Waals surface area contributed by atoms with Gasteiger partial charge in [-0.3, -0.25) is 14.7 Å². The van der Waals surface area contributed by atoms with Crippen LogP contribution in [0.4, 0.5) is 0 Å². The van der Waals surface area contributed by atoms with Gasteiger partial charge in [-0.15, -0.1) is 0 Å². The van der Waals surface area contributed by atoms with Crippen molar-refractivity contribution < 1.29 is 9.53 Å². The van der Waals surface area contributed by atoms with Gasteiger partial charge in [-0.05, 0) is 32.4 Å². The third-order valence-corrected chi connectivity index (χ3v) is 3.39. The maximum atomic E-state index is 12.1. The molecule has 1 heterocycles. The Kier molecular flexibility index (Phi) is 5.16. The zero-order chi connectivity index (χ0) is 16.1. The number of H-pyrrole nitrogens is 1. The maximum absolute atomic E-state index is 12.1. The van der Waals surface area contributed by atoms with Crippen molar-refractivity contribution in [2.45, 2.75) is 26.3 Å². The minimum atomic E-state index is -0.299. The number of amides is 1. The Bertz CT molecular complexity index is 685. The van der Waals surface area contributed by atoms with Crippen LogP contribution in [0.25, 0.3) is 5.69 Å². The average Bonchev–Trinajstić information content (AvgIpc) is 2.88. The van der Waals surface area contributed by atoms with Gasteiger partial charge < -0.3 is 10.1 Å². The maximum Gasteiger partial charge on any atom is 0.271 e. The number of hydrogen-bond acceptors (Lipinski definition) is 3. The summed E-state index contributed by atoms with van der Waals surface area (Å²) in [5.74, 6) is -0.299. The first kappa shape index (κ1) is 16.0. The molecule has 0 unspecified atom stereocenters. The van der Waals surface area contributed by atoms with Crippen molar-refractivity contribution in [2.24, 2.45) is 0 Å². The highest BCUT2D eigenvalue weighted by Gasteiger charge is 2.14. The fourth-order valence-electron chi connectivity index (χ4n) is 2.07. The zero-order valence-electron chi connectivity index (χ0n) is 13.1. The first-order valence-electron chi connectivity index (χ1n) is 7.20. The number of aromatic nitrogens is 2. The van der Waals surface area contributed by atoms with Crippen molar-refractivity contribution in [3.05, 3.63) is 51.9 Å². The Morgan fingerprint density at radius 3 is 2.68 bits per heavy atom. The molecule has 2 aromatic rings. The van der Waals surface area contributed by atoms with Gasteiger partial charge in [0.05, 0.1) is 5.69 Å². The quantitative estimate of drug-likeness (QED) is 0.851. The Balaban J connectivity index is 2.14. The smallest absolute Gasteiger partial charge is 0.271 e. The third-order valence-electron chi connectivity index (χ3n) is 3.39. The number of methoxy groups -OCH3 is 1. The van der Waals surface area contributed by atoms with E-state index in [1.807, 2.05) is 38.1 Å². The molecule has 0 aliphatic rings. The highest BCUT2D eigenvalue weighted by Crippen LogP contribution is 2.07. The molecule has 1 aromatic heterocycles. The van der Waals surface area contributed by atoms with E-state index in [1.54, 1.807) is 7.11 Å². The van der Waals surface area contributed by atoms with Crippen LogP contribution < -0.4 is 10.9 Å². The minimum absolute atomic E-state index is 0.0290. The van der Waals surface area contributed by atoms with Crippen LogP contribution in [-0.4, -0.2) is 35.4 Å². The summed E-state index contributed by atoms with van der Waals surface area (Å²) in [5.41, 5.74) is 1.78. The molecule has 1 atom stereocenters. The molecule has 0 aliphatic heterocycles. The number of carbonyl (C=O) groups excluding carboxylic acids is 1. The summed E-state index contributed by atoms with van der Waals surface area (Å²) in [7, 11) is 1.62. The first-order chi connectivity index (χ1) is 10.5. The molecule has 0 spiro atoms. The zero-order valence-corrected chi connectivity index (χ0v) is 13.1. The van der Waals surface area contributed by atoms with Crippen LogP contribution in [0.5, 0.6) is 0 Å². The van der Waals surface area contributed by atoms with Crippen molar-refractivity contribution in [3.8, 4) is 5.69 Å². The normalized spacial score (nSPS) is 12.1. The van der Waals surface area contributed by atoms with E-state index in [0.717, 1.165) is 5.56 Å². The van der Waals surface area contributed by atoms with Gasteiger partial charge >= 0.3 is 0 Å². The van der Waals surface area contributed by atoms with Crippen LogP contribution in [0.15, 0.2) is 35.1 Å². The van der Waals surface area contributed by atoms with Crippen molar-refractivity contribution in [3.63, 3.8) is 0 Å². The lowest BCUT2D eigenvalue weighted by Gasteiger charge is -2.12. The Morgan fingerprint density at radius 1 is 1.36 bits per heavy atom. The van der Waals surface area contributed by atoms with Crippen LogP contribution in [0.1, 0.15) is 29.4 Å². The molecule has 118 valence electrons. The molecule has 0 saturated carbocycles. The summed E-state index contributed by atoms with van der Waals surface area (Å²) >= 11 is 0. The number of ether oxygens (including phenoxy) is 1. The largest absolute Gasteiger partial charge is 0.385 e. The average molecular weight is 303 g/mol. The SMILES string of the molecule is COCC[C@@H](C)NC(=O)c1cc(=O)n(-c2ccc(C)cc2)[nH]1. The van der Waals surface area contributed by atoms with Gasteiger partial charge in [-0.25, -0.2) is 4.68 Å². The van der Waals surface area contributed by atoms with Gasteiger partial charge in [0.2, 0.25) is 0 Å². The molecule has 6 nitrogen and oxygen atoms in total. The van der Waals surface area contributed by atoms with Gasteiger partial charge in [-0.2, -0.15) is 0 Å². The number of aryl methyl sites for hydroxylation is 1. The number of rotatable bonds is 6. The van der Waals surface area contributed by atoms with E-state index < -0.39 is 0 Å². The number of hydrogen-bond donors (Lipinski definition) is 2. The molecule has 6 heteroatoms. The monoisotopic (exact) mass is 303 g/mol. The topological polar surface area (TPSA) is 76.1 Å². The first-order valence-corrected chi connectivity index (χ1v) is 7.20. The lowest BCUT2D eigenvalue weighted by Crippen LogP contribution is -2.33. The molecule has 0 aliphatic carbocycles. The standard InChI is InChI=1S/C16H21N3O3/c1-11-4-6-13(7-5-11)19-15(20)10-14(18-19)16(21)17-12(2)8-9-22-3/h4-7,10,12,18H,8-9H2,1-3H3,(H,17,21)/t12-/m1/s1. The predicted molar refractivity (Wildman–Crippen MR) is 84.5 cm³/mol. The molecule has 0 bridgehead atoms. The summed E-state index contributed by atoms with van der Waals surface area (Å²) in [5, 5.41) is 5.67. The highest BCUT2D eigenvalue weighted by atomic mass is 16.5. The molecule has 2 rings (SSSR count). The fraction of sp³-hybridized carbons (Fsp3) is 0.375. The molecule has 22 heavy (non-hydrogen) atoms. The van der Waals surface area contributed by atoms with Crippen LogP contribution in [-0.2, 0) is 4.74 Å². The molecular weight excluding hydrogens is 282 g/mol. The molecular formula is C16H21N3O3. The summed E-state index contributed by atoms with van der Waals surface area (Å²) in [6, 6.07) is 8.76. The van der Waals surface area contributed by atoms with E-state index >= 15 is 0 Å². The van der Waals surface area contributed by atoms with Crippen LogP contribution in [0.3, 0.4) is 0 Å². The molecule has 0 radical (unpaired) electrons. The van der Waals surface area contributed by atoms with Crippen molar-refractivity contribution in [1.82, 2.24) is 15.1 Å². The predicted octanol–water partition coefficient (Wildman–Crippen LogP) is 1.63. The molecule has 0 fully saturated rings. The van der Waals surface area contributed by atoms with E-state index in [2.05, 4.69) is 10.4 Å². The van der Waals surface area contributed by atoms with Gasteiger partial charge in [0.25, 0.3) is 11.5 Å². The Morgan fingerprint density at radius 2 is 2.05 bits per heavy atom. The number of carbonyl (C=O) groups is 1. The second-order valence-corrected chi connectivity index (χ2v) is 5.33. The molecule has 1 aromatic carbocycles. The fourth-order valence-corrected chi connectivity index (χ4v) is 2.07. The van der Waals surface area contributed by atoms with E-state index in [-0.39, 0.29) is 23.2 Å². The van der Waals surface area contributed by atoms with Crippen molar-refractivity contribution in [2.75, 3.05) is 13.7 Å². The number of benzene rings is 1. The summed E-state index contributed by atoms with van der Waals surface area (Å²) in [6.07, 6.45) is 0.713. The van der Waals surface area contributed by atoms with Gasteiger partial charge in [-0.1, -0.05) is 17.7 Å². The van der Waals surface area contributed by atoms with Crippen LogP contribution >= 0.6 is 0 Å². The summed E-state index contributed by atoms with van der Waals surface area (Å²) < 4.78 is 6.33.